The number of hydrogen-bond donors (Lipinski definition) is 1. The first-order chi connectivity index (χ1) is 11.0. The van der Waals surface area contributed by atoms with E-state index in [2.05, 4.69) is 23.8 Å². The van der Waals surface area contributed by atoms with Gasteiger partial charge in [-0.1, -0.05) is 25.6 Å². The largest absolute Gasteiger partial charge is 0.487 e. The molecule has 0 aliphatic rings. The molecule has 7 heteroatoms. The summed E-state index contributed by atoms with van der Waals surface area (Å²) in [6.45, 7) is 4.20. The lowest BCUT2D eigenvalue weighted by Gasteiger charge is -2.11. The first-order valence-electron chi connectivity index (χ1n) is 7.15. The summed E-state index contributed by atoms with van der Waals surface area (Å²) >= 11 is 1.50. The van der Waals surface area contributed by atoms with Crippen molar-refractivity contribution in [1.29, 1.82) is 5.26 Å². The third-order valence-electron chi connectivity index (χ3n) is 3.17. The number of halogens is 1. The fourth-order valence-electron chi connectivity index (χ4n) is 1.73. The second kappa shape index (κ2) is 7.79. The van der Waals surface area contributed by atoms with E-state index in [0.29, 0.717) is 21.8 Å². The topological polar surface area (TPSA) is 84.8 Å². The molecular weight excluding hydrogens is 315 g/mol. The lowest BCUT2D eigenvalue weighted by Crippen LogP contribution is -2.09. The summed E-state index contributed by atoms with van der Waals surface area (Å²) in [6.07, 6.45) is 0.968. The molecule has 2 rings (SSSR count). The van der Waals surface area contributed by atoms with Gasteiger partial charge in [-0.2, -0.15) is 5.26 Å². The van der Waals surface area contributed by atoms with Gasteiger partial charge in [-0.15, -0.1) is 0 Å². The molecule has 1 aromatic heterocycles. The van der Waals surface area contributed by atoms with Crippen LogP contribution in [0.2, 0.25) is 0 Å². The Morgan fingerprint density at radius 1 is 1.35 bits per heavy atom. The first kappa shape index (κ1) is 17.0. The molecule has 5 nitrogen and oxygen atoms in total. The van der Waals surface area contributed by atoms with Crippen LogP contribution < -0.4 is 10.5 Å². The SMILES string of the molecule is CC[C@@H](C)Sc1nc(N)c(C#N)c(COc2ccc(F)cc2)n1. The molecule has 120 valence electrons. The van der Waals surface area contributed by atoms with Crippen LogP contribution >= 0.6 is 11.8 Å². The van der Waals surface area contributed by atoms with E-state index in [1.165, 1.54) is 36.0 Å². The number of ether oxygens (including phenoxy) is 1. The van der Waals surface area contributed by atoms with Crippen molar-refractivity contribution in [2.45, 2.75) is 37.3 Å². The summed E-state index contributed by atoms with van der Waals surface area (Å²) in [5.74, 6) is 0.295. The maximum atomic E-state index is 12.9. The Kier molecular flexibility index (Phi) is 5.77. The van der Waals surface area contributed by atoms with Gasteiger partial charge in [0.1, 0.15) is 41.3 Å². The highest BCUT2D eigenvalue weighted by atomic mass is 32.2. The summed E-state index contributed by atoms with van der Waals surface area (Å²) < 4.78 is 18.4. The summed E-state index contributed by atoms with van der Waals surface area (Å²) in [5, 5.41) is 10.1. The van der Waals surface area contributed by atoms with E-state index in [-0.39, 0.29) is 23.8 Å². The summed E-state index contributed by atoms with van der Waals surface area (Å²) in [6, 6.07) is 7.64. The van der Waals surface area contributed by atoms with Gasteiger partial charge in [0.25, 0.3) is 0 Å². The minimum absolute atomic E-state index is 0.0648. The molecule has 0 bridgehead atoms. The molecule has 1 aromatic carbocycles. The zero-order chi connectivity index (χ0) is 16.8. The number of benzene rings is 1. The molecule has 0 spiro atoms. The van der Waals surface area contributed by atoms with E-state index in [1.807, 2.05) is 6.07 Å². The number of rotatable bonds is 6. The van der Waals surface area contributed by atoms with Gasteiger partial charge >= 0.3 is 0 Å². The predicted octanol–water partition coefficient (Wildman–Crippen LogP) is 3.54. The molecule has 0 unspecified atom stereocenters. The summed E-state index contributed by atoms with van der Waals surface area (Å²) in [7, 11) is 0. The molecule has 0 saturated heterocycles. The summed E-state index contributed by atoms with van der Waals surface area (Å²) in [5.41, 5.74) is 6.48. The van der Waals surface area contributed by atoms with Gasteiger partial charge in [-0.25, -0.2) is 14.4 Å². The van der Waals surface area contributed by atoms with Gasteiger partial charge in [0.2, 0.25) is 0 Å². The van der Waals surface area contributed by atoms with Gasteiger partial charge in [0.15, 0.2) is 5.16 Å². The highest BCUT2D eigenvalue weighted by molar-refractivity contribution is 7.99. The van der Waals surface area contributed by atoms with Crippen molar-refractivity contribution in [3.8, 4) is 11.8 Å². The summed E-state index contributed by atoms with van der Waals surface area (Å²) in [4.78, 5) is 8.54. The average Bonchev–Trinajstić information content (AvgIpc) is 2.54. The predicted molar refractivity (Wildman–Crippen MR) is 87.5 cm³/mol. The number of nitrogens with two attached hydrogens (primary N) is 1. The minimum atomic E-state index is -0.339. The zero-order valence-corrected chi connectivity index (χ0v) is 13.7. The van der Waals surface area contributed by atoms with E-state index in [1.54, 1.807) is 0 Å². The van der Waals surface area contributed by atoms with Crippen molar-refractivity contribution in [3.63, 3.8) is 0 Å². The van der Waals surface area contributed by atoms with Crippen LogP contribution in [0.15, 0.2) is 29.4 Å². The number of anilines is 1. The lowest BCUT2D eigenvalue weighted by atomic mass is 10.2. The normalized spacial score (nSPS) is 11.7. The van der Waals surface area contributed by atoms with Crippen LogP contribution in [-0.4, -0.2) is 15.2 Å². The van der Waals surface area contributed by atoms with Crippen LogP contribution in [0.25, 0.3) is 0 Å². The van der Waals surface area contributed by atoms with Crippen LogP contribution in [-0.2, 0) is 6.61 Å². The highest BCUT2D eigenvalue weighted by Crippen LogP contribution is 2.25. The van der Waals surface area contributed by atoms with E-state index in [0.717, 1.165) is 6.42 Å². The number of nitrogens with zero attached hydrogens (tertiary/aromatic N) is 3. The standard InChI is InChI=1S/C16H17FN4OS/c1-3-10(2)23-16-20-14(13(8-18)15(19)21-16)9-22-12-6-4-11(17)5-7-12/h4-7,10H,3,9H2,1-2H3,(H2,19,20,21)/t10-/m1/s1. The molecule has 23 heavy (non-hydrogen) atoms. The van der Waals surface area contributed by atoms with Crippen molar-refractivity contribution in [2.75, 3.05) is 5.73 Å². The van der Waals surface area contributed by atoms with Gasteiger partial charge in [-0.3, -0.25) is 0 Å². The molecule has 1 heterocycles. The van der Waals surface area contributed by atoms with Crippen molar-refractivity contribution < 1.29 is 9.13 Å². The fraction of sp³-hybridized carbons (Fsp3) is 0.312. The number of nitrogen functional groups attached to an aromatic ring is 1. The Labute approximate surface area is 138 Å². The molecule has 0 fully saturated rings. The number of nitriles is 1. The van der Waals surface area contributed by atoms with Crippen molar-refractivity contribution in [2.24, 2.45) is 0 Å². The molecule has 1 atom stereocenters. The smallest absolute Gasteiger partial charge is 0.190 e. The number of aromatic nitrogens is 2. The Hall–Kier alpha value is -2.33. The van der Waals surface area contributed by atoms with Gasteiger partial charge in [-0.05, 0) is 30.7 Å². The van der Waals surface area contributed by atoms with Crippen LogP contribution in [0.5, 0.6) is 5.75 Å². The Balaban J connectivity index is 2.21. The van der Waals surface area contributed by atoms with E-state index >= 15 is 0 Å². The second-order valence-electron chi connectivity index (χ2n) is 4.90. The lowest BCUT2D eigenvalue weighted by molar-refractivity contribution is 0.299. The van der Waals surface area contributed by atoms with Gasteiger partial charge in [0.05, 0.1) is 0 Å². The average molecular weight is 332 g/mol. The van der Waals surface area contributed by atoms with Gasteiger partial charge in [0, 0.05) is 5.25 Å². The molecular formula is C16H17FN4OS. The molecule has 0 aliphatic carbocycles. The van der Waals surface area contributed by atoms with Crippen molar-refractivity contribution in [3.05, 3.63) is 41.3 Å². The number of thioether (sulfide) groups is 1. The second-order valence-corrected chi connectivity index (χ2v) is 6.31. The monoisotopic (exact) mass is 332 g/mol. The van der Waals surface area contributed by atoms with E-state index in [9.17, 15) is 9.65 Å². The van der Waals surface area contributed by atoms with Crippen LogP contribution in [0.1, 0.15) is 31.5 Å². The molecule has 0 saturated carbocycles. The molecule has 0 aliphatic heterocycles. The van der Waals surface area contributed by atoms with Crippen LogP contribution in [0.3, 0.4) is 0 Å². The first-order valence-corrected chi connectivity index (χ1v) is 8.03. The Morgan fingerprint density at radius 2 is 2.04 bits per heavy atom. The maximum Gasteiger partial charge on any atom is 0.190 e. The Morgan fingerprint density at radius 3 is 2.65 bits per heavy atom. The molecule has 2 aromatic rings. The number of hydrogen-bond acceptors (Lipinski definition) is 6. The van der Waals surface area contributed by atoms with E-state index < -0.39 is 0 Å². The minimum Gasteiger partial charge on any atom is -0.487 e. The van der Waals surface area contributed by atoms with Crippen LogP contribution in [0, 0.1) is 17.1 Å². The third-order valence-corrected chi connectivity index (χ3v) is 4.30. The van der Waals surface area contributed by atoms with E-state index in [4.69, 9.17) is 10.5 Å². The van der Waals surface area contributed by atoms with Gasteiger partial charge < -0.3 is 10.5 Å². The fourth-order valence-corrected chi connectivity index (χ4v) is 2.57. The highest BCUT2D eigenvalue weighted by Gasteiger charge is 2.15. The maximum absolute atomic E-state index is 12.9. The quantitative estimate of drug-likeness (QED) is 0.643. The van der Waals surface area contributed by atoms with Crippen molar-refractivity contribution in [1.82, 2.24) is 9.97 Å². The molecule has 2 N–H and O–H groups in total. The molecule has 0 amide bonds. The van der Waals surface area contributed by atoms with Crippen LogP contribution in [0.4, 0.5) is 10.2 Å². The zero-order valence-electron chi connectivity index (χ0n) is 12.9. The molecule has 0 radical (unpaired) electrons. The Bertz CT molecular complexity index is 715. The van der Waals surface area contributed by atoms with Crippen molar-refractivity contribution >= 4 is 17.6 Å². The third kappa shape index (κ3) is 4.57.